The van der Waals surface area contributed by atoms with Crippen molar-refractivity contribution in [3.05, 3.63) is 83.2 Å². The molecule has 1 amide bonds. The molecule has 26 heavy (non-hydrogen) atoms. The van der Waals surface area contributed by atoms with Crippen LogP contribution >= 0.6 is 0 Å². The van der Waals surface area contributed by atoms with Crippen molar-refractivity contribution in [2.75, 3.05) is 10.6 Å². The Hall–Kier alpha value is -3.28. The van der Waals surface area contributed by atoms with Gasteiger partial charge >= 0.3 is 0 Å². The number of amides is 1. The van der Waals surface area contributed by atoms with Crippen molar-refractivity contribution in [2.24, 2.45) is 0 Å². The van der Waals surface area contributed by atoms with Crippen LogP contribution in [-0.2, 0) is 0 Å². The second kappa shape index (κ2) is 7.31. The minimum Gasteiger partial charge on any atom is -0.354 e. The fourth-order valence-corrected chi connectivity index (χ4v) is 2.48. The zero-order valence-corrected chi connectivity index (χ0v) is 14.3. The highest BCUT2D eigenvalue weighted by molar-refractivity contribution is 6.04. The fourth-order valence-electron chi connectivity index (χ4n) is 2.48. The van der Waals surface area contributed by atoms with Crippen LogP contribution in [0, 0.1) is 25.5 Å². The lowest BCUT2D eigenvalue weighted by Crippen LogP contribution is -2.14. The van der Waals surface area contributed by atoms with Crippen LogP contribution in [0.15, 0.2) is 54.9 Å². The number of halogens is 2. The summed E-state index contributed by atoms with van der Waals surface area (Å²) in [5, 5.41) is 5.45. The zero-order chi connectivity index (χ0) is 18.7. The van der Waals surface area contributed by atoms with E-state index in [1.54, 1.807) is 12.3 Å². The van der Waals surface area contributed by atoms with Gasteiger partial charge < -0.3 is 10.6 Å². The summed E-state index contributed by atoms with van der Waals surface area (Å²) < 4.78 is 27.4. The molecule has 1 heterocycles. The Bertz CT molecular complexity index is 953. The number of aromatic nitrogens is 1. The Kier molecular flexibility index (Phi) is 4.93. The molecule has 0 spiro atoms. The van der Waals surface area contributed by atoms with Crippen LogP contribution in [0.5, 0.6) is 0 Å². The van der Waals surface area contributed by atoms with Crippen LogP contribution in [0.2, 0.25) is 0 Å². The Morgan fingerprint density at radius 3 is 2.42 bits per heavy atom. The lowest BCUT2D eigenvalue weighted by Gasteiger charge is -2.12. The quantitative estimate of drug-likeness (QED) is 0.696. The maximum Gasteiger partial charge on any atom is 0.257 e. The zero-order valence-electron chi connectivity index (χ0n) is 14.3. The lowest BCUT2D eigenvalue weighted by molar-refractivity contribution is 0.102. The van der Waals surface area contributed by atoms with E-state index in [2.05, 4.69) is 15.6 Å². The van der Waals surface area contributed by atoms with Gasteiger partial charge in [0.15, 0.2) is 0 Å². The van der Waals surface area contributed by atoms with Crippen molar-refractivity contribution in [1.29, 1.82) is 0 Å². The van der Waals surface area contributed by atoms with Crippen LogP contribution in [0.25, 0.3) is 0 Å². The number of carbonyl (C=O) groups is 1. The van der Waals surface area contributed by atoms with Crippen LogP contribution in [0.4, 0.5) is 25.8 Å². The van der Waals surface area contributed by atoms with E-state index in [0.717, 1.165) is 28.9 Å². The first kappa shape index (κ1) is 17.5. The number of nitrogens with zero attached hydrogens (tertiary/aromatic N) is 1. The molecule has 0 bridgehead atoms. The van der Waals surface area contributed by atoms with Gasteiger partial charge in [0.25, 0.3) is 5.91 Å². The highest BCUT2D eigenvalue weighted by Crippen LogP contribution is 2.23. The molecular formula is C20H17F2N3O. The summed E-state index contributed by atoms with van der Waals surface area (Å²) in [7, 11) is 0. The first-order valence-electron chi connectivity index (χ1n) is 7.99. The summed E-state index contributed by atoms with van der Waals surface area (Å²) >= 11 is 0. The SMILES string of the molecule is Cc1cccc(Nc2cncc(C(=O)Nc3c(F)cccc3F)c2)c1C. The van der Waals surface area contributed by atoms with Crippen molar-refractivity contribution in [1.82, 2.24) is 4.98 Å². The number of anilines is 3. The van der Waals surface area contributed by atoms with Gasteiger partial charge in [-0.15, -0.1) is 0 Å². The van der Waals surface area contributed by atoms with Gasteiger partial charge in [-0.3, -0.25) is 9.78 Å². The third-order valence-electron chi connectivity index (χ3n) is 4.09. The standard InChI is InChI=1S/C20H17F2N3O/c1-12-5-3-8-18(13(12)2)24-15-9-14(10-23-11-15)20(26)25-19-16(21)6-4-7-17(19)22/h3-11,24H,1-2H3,(H,25,26). The van der Waals surface area contributed by atoms with Crippen molar-refractivity contribution >= 4 is 23.0 Å². The van der Waals surface area contributed by atoms with Gasteiger partial charge in [0, 0.05) is 11.9 Å². The largest absolute Gasteiger partial charge is 0.354 e. The minimum absolute atomic E-state index is 0.183. The number of pyridine rings is 1. The third-order valence-corrected chi connectivity index (χ3v) is 4.09. The van der Waals surface area contributed by atoms with Gasteiger partial charge in [0.05, 0.1) is 17.4 Å². The van der Waals surface area contributed by atoms with Gasteiger partial charge in [-0.05, 0) is 49.2 Å². The van der Waals surface area contributed by atoms with Gasteiger partial charge in [-0.25, -0.2) is 8.78 Å². The molecule has 0 saturated carbocycles. The molecule has 0 fully saturated rings. The molecule has 0 aliphatic carbocycles. The first-order valence-corrected chi connectivity index (χ1v) is 7.99. The Morgan fingerprint density at radius 2 is 1.69 bits per heavy atom. The van der Waals surface area contributed by atoms with Crippen LogP contribution < -0.4 is 10.6 Å². The molecule has 132 valence electrons. The number of nitrogens with one attached hydrogen (secondary N) is 2. The third kappa shape index (κ3) is 3.69. The normalized spacial score (nSPS) is 10.5. The molecule has 0 aliphatic heterocycles. The first-order chi connectivity index (χ1) is 12.5. The summed E-state index contributed by atoms with van der Waals surface area (Å²) in [6, 6.07) is 10.8. The number of hydrogen-bond donors (Lipinski definition) is 2. The molecule has 0 aliphatic rings. The summed E-state index contributed by atoms with van der Waals surface area (Å²) in [5.74, 6) is -2.32. The van der Waals surface area contributed by atoms with E-state index < -0.39 is 23.2 Å². The summed E-state index contributed by atoms with van der Waals surface area (Å²) in [5.41, 5.74) is 3.40. The number of rotatable bonds is 4. The fraction of sp³-hybridized carbons (Fsp3) is 0.100. The Labute approximate surface area is 149 Å². The number of hydrogen-bond acceptors (Lipinski definition) is 3. The highest BCUT2D eigenvalue weighted by atomic mass is 19.1. The molecule has 0 saturated heterocycles. The number of para-hydroxylation sites is 1. The van der Waals surface area contributed by atoms with Gasteiger partial charge in [0.1, 0.15) is 17.3 Å². The van der Waals surface area contributed by atoms with Crippen molar-refractivity contribution in [3.8, 4) is 0 Å². The van der Waals surface area contributed by atoms with E-state index in [1.165, 1.54) is 12.3 Å². The predicted molar refractivity (Wildman–Crippen MR) is 97.7 cm³/mol. The summed E-state index contributed by atoms with van der Waals surface area (Å²) in [6.07, 6.45) is 2.91. The number of carbonyl (C=O) groups excluding carboxylic acids is 1. The van der Waals surface area contributed by atoms with Crippen LogP contribution in [-0.4, -0.2) is 10.9 Å². The van der Waals surface area contributed by atoms with E-state index in [-0.39, 0.29) is 5.56 Å². The highest BCUT2D eigenvalue weighted by Gasteiger charge is 2.14. The number of benzene rings is 2. The van der Waals surface area contributed by atoms with E-state index in [0.29, 0.717) is 5.69 Å². The Balaban J connectivity index is 1.83. The summed E-state index contributed by atoms with van der Waals surface area (Å²) in [4.78, 5) is 16.4. The average molecular weight is 353 g/mol. The van der Waals surface area contributed by atoms with Gasteiger partial charge in [0.2, 0.25) is 0 Å². The van der Waals surface area contributed by atoms with Crippen molar-refractivity contribution < 1.29 is 13.6 Å². The molecule has 3 aromatic rings. The molecule has 2 aromatic carbocycles. The molecular weight excluding hydrogens is 336 g/mol. The molecule has 0 unspecified atom stereocenters. The molecule has 0 atom stereocenters. The van der Waals surface area contributed by atoms with Crippen molar-refractivity contribution in [2.45, 2.75) is 13.8 Å². The van der Waals surface area contributed by atoms with Gasteiger partial charge in [-0.1, -0.05) is 18.2 Å². The van der Waals surface area contributed by atoms with E-state index in [9.17, 15) is 13.6 Å². The van der Waals surface area contributed by atoms with E-state index in [4.69, 9.17) is 0 Å². The minimum atomic E-state index is -0.837. The molecule has 1 aromatic heterocycles. The van der Waals surface area contributed by atoms with Crippen LogP contribution in [0.1, 0.15) is 21.5 Å². The average Bonchev–Trinajstić information content (AvgIpc) is 2.62. The Morgan fingerprint density at radius 1 is 1.00 bits per heavy atom. The summed E-state index contributed by atoms with van der Waals surface area (Å²) in [6.45, 7) is 3.99. The van der Waals surface area contributed by atoms with E-state index >= 15 is 0 Å². The maximum atomic E-state index is 13.7. The smallest absolute Gasteiger partial charge is 0.257 e. The number of aryl methyl sites for hydroxylation is 1. The second-order valence-corrected chi connectivity index (χ2v) is 5.89. The molecule has 0 radical (unpaired) electrons. The molecule has 2 N–H and O–H groups in total. The van der Waals surface area contributed by atoms with Crippen molar-refractivity contribution in [3.63, 3.8) is 0 Å². The van der Waals surface area contributed by atoms with E-state index in [1.807, 2.05) is 32.0 Å². The molecule has 3 rings (SSSR count). The molecule has 4 nitrogen and oxygen atoms in total. The maximum absolute atomic E-state index is 13.7. The lowest BCUT2D eigenvalue weighted by atomic mass is 10.1. The van der Waals surface area contributed by atoms with Crippen LogP contribution in [0.3, 0.4) is 0 Å². The topological polar surface area (TPSA) is 54.0 Å². The molecule has 6 heteroatoms. The van der Waals surface area contributed by atoms with Gasteiger partial charge in [-0.2, -0.15) is 0 Å². The second-order valence-electron chi connectivity index (χ2n) is 5.89. The monoisotopic (exact) mass is 353 g/mol. The predicted octanol–water partition coefficient (Wildman–Crippen LogP) is 4.97.